The first-order valence-electron chi connectivity index (χ1n) is 5.11. The molecule has 2 aromatic heterocycles. The van der Waals surface area contributed by atoms with Crippen molar-refractivity contribution >= 4 is 22.5 Å². The Labute approximate surface area is 102 Å². The van der Waals surface area contributed by atoms with Gasteiger partial charge in [0.05, 0.1) is 5.52 Å². The van der Waals surface area contributed by atoms with Gasteiger partial charge in [-0.05, 0) is 12.1 Å². The Morgan fingerprint density at radius 3 is 2.88 bits per heavy atom. The van der Waals surface area contributed by atoms with Gasteiger partial charge in [-0.15, -0.1) is 11.6 Å². The smallest absolute Gasteiger partial charge is 0.241 e. The molecule has 0 aliphatic rings. The van der Waals surface area contributed by atoms with E-state index >= 15 is 0 Å². The van der Waals surface area contributed by atoms with E-state index in [0.717, 1.165) is 16.5 Å². The predicted molar refractivity (Wildman–Crippen MR) is 64.6 cm³/mol. The van der Waals surface area contributed by atoms with Gasteiger partial charge in [0, 0.05) is 17.1 Å². The second kappa shape index (κ2) is 4.14. The highest BCUT2D eigenvalue weighted by atomic mass is 35.5. The Balaban J connectivity index is 2.23. The topological polar surface area (TPSA) is 51.8 Å². The molecule has 17 heavy (non-hydrogen) atoms. The van der Waals surface area contributed by atoms with Crippen LogP contribution in [0.3, 0.4) is 0 Å². The maximum absolute atomic E-state index is 5.63. The average molecular weight is 246 g/mol. The van der Waals surface area contributed by atoms with E-state index in [1.165, 1.54) is 0 Å². The van der Waals surface area contributed by atoms with Crippen LogP contribution in [0, 0.1) is 0 Å². The highest BCUT2D eigenvalue weighted by Crippen LogP contribution is 2.24. The van der Waals surface area contributed by atoms with Crippen LogP contribution in [0.25, 0.3) is 22.3 Å². The van der Waals surface area contributed by atoms with Gasteiger partial charge in [0.1, 0.15) is 5.88 Å². The van der Waals surface area contributed by atoms with E-state index in [1.54, 1.807) is 6.20 Å². The van der Waals surface area contributed by atoms with Gasteiger partial charge < -0.3 is 4.52 Å². The second-order valence-electron chi connectivity index (χ2n) is 3.53. The minimum Gasteiger partial charge on any atom is -0.338 e. The standard InChI is InChI=1S/C12H8ClN3O/c13-7-10-15-12(16-17-10)9-5-1-3-8-4-2-6-14-11(8)9/h1-6H,7H2. The fourth-order valence-corrected chi connectivity index (χ4v) is 1.81. The van der Waals surface area contributed by atoms with Crippen molar-refractivity contribution in [2.24, 2.45) is 0 Å². The number of benzene rings is 1. The van der Waals surface area contributed by atoms with Gasteiger partial charge in [-0.3, -0.25) is 4.98 Å². The Bertz CT molecular complexity index is 660. The minimum atomic E-state index is 0.213. The normalized spacial score (nSPS) is 10.9. The lowest BCUT2D eigenvalue weighted by Gasteiger charge is -2.00. The first-order valence-corrected chi connectivity index (χ1v) is 5.64. The molecule has 0 fully saturated rings. The molecule has 0 unspecified atom stereocenters. The summed E-state index contributed by atoms with van der Waals surface area (Å²) in [4.78, 5) is 8.54. The number of hydrogen-bond acceptors (Lipinski definition) is 4. The van der Waals surface area contributed by atoms with Crippen molar-refractivity contribution < 1.29 is 4.52 Å². The molecule has 4 nitrogen and oxygen atoms in total. The molecule has 2 heterocycles. The molecule has 5 heteroatoms. The van der Waals surface area contributed by atoms with Crippen LogP contribution in [0.1, 0.15) is 5.89 Å². The van der Waals surface area contributed by atoms with Crippen molar-refractivity contribution in [1.82, 2.24) is 15.1 Å². The molecule has 1 aromatic carbocycles. The van der Waals surface area contributed by atoms with Gasteiger partial charge in [-0.25, -0.2) is 0 Å². The number of aromatic nitrogens is 3. The summed E-state index contributed by atoms with van der Waals surface area (Å²) in [5.41, 5.74) is 1.71. The summed E-state index contributed by atoms with van der Waals surface area (Å²) in [6, 6.07) is 9.74. The first kappa shape index (κ1) is 10.2. The lowest BCUT2D eigenvalue weighted by Crippen LogP contribution is -1.86. The van der Waals surface area contributed by atoms with Gasteiger partial charge in [0.15, 0.2) is 0 Å². The third-order valence-corrected chi connectivity index (χ3v) is 2.68. The Kier molecular flexibility index (Phi) is 2.49. The summed E-state index contributed by atoms with van der Waals surface area (Å²) in [6.07, 6.45) is 1.74. The second-order valence-corrected chi connectivity index (χ2v) is 3.79. The highest BCUT2D eigenvalue weighted by molar-refractivity contribution is 6.16. The van der Waals surface area contributed by atoms with Crippen molar-refractivity contribution in [3.05, 3.63) is 42.4 Å². The Morgan fingerprint density at radius 2 is 2.06 bits per heavy atom. The Morgan fingerprint density at radius 1 is 1.18 bits per heavy atom. The molecule has 0 bridgehead atoms. The van der Waals surface area contributed by atoms with Gasteiger partial charge in [0.25, 0.3) is 0 Å². The zero-order chi connectivity index (χ0) is 11.7. The molecule has 0 N–H and O–H groups in total. The van der Waals surface area contributed by atoms with Crippen molar-refractivity contribution in [2.45, 2.75) is 5.88 Å². The molecule has 0 aliphatic carbocycles. The molecule has 84 valence electrons. The van der Waals surface area contributed by atoms with E-state index in [-0.39, 0.29) is 5.88 Å². The monoisotopic (exact) mass is 245 g/mol. The van der Waals surface area contributed by atoms with E-state index in [4.69, 9.17) is 16.1 Å². The summed E-state index contributed by atoms with van der Waals surface area (Å²) in [5.74, 6) is 1.14. The van der Waals surface area contributed by atoms with Gasteiger partial charge in [0.2, 0.25) is 11.7 Å². The molecule has 0 atom stereocenters. The largest absolute Gasteiger partial charge is 0.338 e. The number of hydrogen-bond donors (Lipinski definition) is 0. The maximum atomic E-state index is 5.63. The summed E-state index contributed by atoms with van der Waals surface area (Å²) in [6.45, 7) is 0. The summed E-state index contributed by atoms with van der Waals surface area (Å²) in [5, 5.41) is 4.94. The molecular formula is C12H8ClN3O. The highest BCUT2D eigenvalue weighted by Gasteiger charge is 2.11. The molecule has 0 saturated carbocycles. The lowest BCUT2D eigenvalue weighted by molar-refractivity contribution is 0.391. The number of nitrogens with zero attached hydrogens (tertiary/aromatic N) is 3. The van der Waals surface area contributed by atoms with E-state index in [1.807, 2.05) is 30.3 Å². The molecule has 0 saturated heterocycles. The molecule has 3 rings (SSSR count). The van der Waals surface area contributed by atoms with Gasteiger partial charge >= 0.3 is 0 Å². The fraction of sp³-hybridized carbons (Fsp3) is 0.0833. The number of halogens is 1. The molecule has 0 amide bonds. The number of alkyl halides is 1. The third kappa shape index (κ3) is 1.76. The van der Waals surface area contributed by atoms with E-state index in [9.17, 15) is 0 Å². The maximum Gasteiger partial charge on any atom is 0.241 e. The summed E-state index contributed by atoms with van der Waals surface area (Å²) >= 11 is 5.63. The SMILES string of the molecule is ClCc1nc(-c2cccc3cccnc23)no1. The van der Waals surface area contributed by atoms with Crippen LogP contribution in [0.15, 0.2) is 41.1 Å². The van der Waals surface area contributed by atoms with Crippen molar-refractivity contribution in [3.8, 4) is 11.4 Å². The predicted octanol–water partition coefficient (Wildman–Crippen LogP) is 3.02. The van der Waals surface area contributed by atoms with E-state index in [2.05, 4.69) is 15.1 Å². The van der Waals surface area contributed by atoms with E-state index in [0.29, 0.717) is 11.7 Å². The zero-order valence-corrected chi connectivity index (χ0v) is 9.55. The van der Waals surface area contributed by atoms with Crippen LogP contribution >= 0.6 is 11.6 Å². The van der Waals surface area contributed by atoms with Crippen LogP contribution in [-0.4, -0.2) is 15.1 Å². The number of fused-ring (bicyclic) bond motifs is 1. The number of rotatable bonds is 2. The Hall–Kier alpha value is -1.94. The molecule has 0 spiro atoms. The van der Waals surface area contributed by atoms with Crippen LogP contribution in [-0.2, 0) is 5.88 Å². The van der Waals surface area contributed by atoms with Crippen LogP contribution in [0.4, 0.5) is 0 Å². The van der Waals surface area contributed by atoms with E-state index < -0.39 is 0 Å². The number of pyridine rings is 1. The molecular weight excluding hydrogens is 238 g/mol. The van der Waals surface area contributed by atoms with Crippen molar-refractivity contribution in [1.29, 1.82) is 0 Å². The van der Waals surface area contributed by atoms with Crippen LogP contribution in [0.5, 0.6) is 0 Å². The molecule has 0 radical (unpaired) electrons. The summed E-state index contributed by atoms with van der Waals surface area (Å²) < 4.78 is 5.00. The third-order valence-electron chi connectivity index (χ3n) is 2.46. The van der Waals surface area contributed by atoms with Crippen molar-refractivity contribution in [2.75, 3.05) is 0 Å². The fourth-order valence-electron chi connectivity index (χ4n) is 1.70. The van der Waals surface area contributed by atoms with Crippen LogP contribution in [0.2, 0.25) is 0 Å². The zero-order valence-electron chi connectivity index (χ0n) is 8.80. The molecule has 0 aliphatic heterocycles. The molecule has 3 aromatic rings. The summed E-state index contributed by atoms with van der Waals surface area (Å²) in [7, 11) is 0. The lowest BCUT2D eigenvalue weighted by atomic mass is 10.1. The minimum absolute atomic E-state index is 0.213. The van der Waals surface area contributed by atoms with Crippen molar-refractivity contribution in [3.63, 3.8) is 0 Å². The average Bonchev–Trinajstić information content (AvgIpc) is 2.87. The van der Waals surface area contributed by atoms with Gasteiger partial charge in [-0.2, -0.15) is 4.98 Å². The quantitative estimate of drug-likeness (QED) is 0.651. The first-order chi connectivity index (χ1) is 8.38. The van der Waals surface area contributed by atoms with Gasteiger partial charge in [-0.1, -0.05) is 23.4 Å². The number of para-hydroxylation sites is 1. The van der Waals surface area contributed by atoms with Crippen LogP contribution < -0.4 is 0 Å².